The first kappa shape index (κ1) is 25.2. The maximum absolute atomic E-state index is 12.6. The van der Waals surface area contributed by atoms with Crippen LogP contribution in [0.1, 0.15) is 74.9 Å². The Morgan fingerprint density at radius 2 is 1.80 bits per heavy atom. The number of carboxylic acid groups (broad SMARTS) is 1. The molecule has 2 aliphatic rings. The predicted octanol–water partition coefficient (Wildman–Crippen LogP) is 4.16. The molecule has 2 aromatic rings. The van der Waals surface area contributed by atoms with Crippen molar-refractivity contribution >= 4 is 12.0 Å². The number of nitrogens with zero attached hydrogens (tertiary/aromatic N) is 4. The van der Waals surface area contributed by atoms with Crippen molar-refractivity contribution in [3.05, 3.63) is 53.1 Å². The highest BCUT2D eigenvalue weighted by molar-refractivity contribution is 5.78. The first-order valence-electron chi connectivity index (χ1n) is 12.9. The van der Waals surface area contributed by atoms with Crippen molar-refractivity contribution < 1.29 is 14.7 Å². The number of nitrogens with one attached hydrogen (secondary N) is 1. The minimum atomic E-state index is -0.991. The van der Waals surface area contributed by atoms with E-state index >= 15 is 0 Å². The maximum Gasteiger partial charge on any atom is 0.405 e. The van der Waals surface area contributed by atoms with Gasteiger partial charge in [0.15, 0.2) is 0 Å². The molecule has 0 aliphatic carbocycles. The number of fused-ring (bicyclic) bond motifs is 1. The topological polar surface area (TPSA) is 90.7 Å². The zero-order valence-electron chi connectivity index (χ0n) is 21.4. The summed E-state index contributed by atoms with van der Waals surface area (Å²) in [7, 11) is 0. The average Bonchev–Trinajstić information content (AvgIpc) is 3.18. The number of imidazole rings is 1. The molecule has 2 atom stereocenters. The Hall–Kier alpha value is -2.87. The van der Waals surface area contributed by atoms with Gasteiger partial charge in [-0.25, -0.2) is 9.78 Å². The highest BCUT2D eigenvalue weighted by atomic mass is 16.4. The van der Waals surface area contributed by atoms with E-state index in [0.717, 1.165) is 62.4 Å². The average molecular weight is 482 g/mol. The quantitative estimate of drug-likeness (QED) is 0.620. The van der Waals surface area contributed by atoms with Gasteiger partial charge in [0.25, 0.3) is 0 Å². The normalized spacial score (nSPS) is 18.8. The number of aryl methyl sites for hydroxylation is 1. The molecule has 1 unspecified atom stereocenters. The molecule has 1 fully saturated rings. The Kier molecular flexibility index (Phi) is 7.79. The van der Waals surface area contributed by atoms with E-state index < -0.39 is 6.09 Å². The summed E-state index contributed by atoms with van der Waals surface area (Å²) in [6, 6.07) is 10.2. The van der Waals surface area contributed by atoms with Gasteiger partial charge in [-0.1, -0.05) is 44.2 Å². The van der Waals surface area contributed by atoms with E-state index in [9.17, 15) is 14.7 Å². The Morgan fingerprint density at radius 1 is 1.11 bits per heavy atom. The van der Waals surface area contributed by atoms with E-state index in [1.807, 2.05) is 49.1 Å². The van der Waals surface area contributed by atoms with Crippen molar-refractivity contribution in [3.63, 3.8) is 0 Å². The van der Waals surface area contributed by atoms with Crippen molar-refractivity contribution in [1.29, 1.82) is 0 Å². The number of hydrogen-bond acceptors (Lipinski definition) is 4. The zero-order valence-corrected chi connectivity index (χ0v) is 21.4. The lowest BCUT2D eigenvalue weighted by molar-refractivity contribution is -0.135. The molecule has 0 radical (unpaired) electrons. The SMILES string of the molecule is Cc1nc2c(n1C1CCN(C(C)C[C@H](NC(=O)O)c3ccccc3)CC1)CN(C(=O)C(C)C)CC2. The molecule has 0 bridgehead atoms. The van der Waals surface area contributed by atoms with Crippen LogP contribution >= 0.6 is 0 Å². The van der Waals surface area contributed by atoms with Crippen LogP contribution in [0.15, 0.2) is 30.3 Å². The van der Waals surface area contributed by atoms with Crippen LogP contribution in [0.25, 0.3) is 0 Å². The van der Waals surface area contributed by atoms with Crippen molar-refractivity contribution in [2.45, 2.75) is 78.0 Å². The Morgan fingerprint density at radius 3 is 2.43 bits per heavy atom. The lowest BCUT2D eigenvalue weighted by atomic mass is 9.96. The first-order chi connectivity index (χ1) is 16.7. The molecule has 2 amide bonds. The third-order valence-corrected chi connectivity index (χ3v) is 7.60. The van der Waals surface area contributed by atoms with Gasteiger partial charge in [0, 0.05) is 44.1 Å². The van der Waals surface area contributed by atoms with Crippen LogP contribution in [0.5, 0.6) is 0 Å². The molecule has 1 aromatic heterocycles. The van der Waals surface area contributed by atoms with Crippen LogP contribution in [0, 0.1) is 12.8 Å². The van der Waals surface area contributed by atoms with Crippen LogP contribution in [-0.2, 0) is 17.8 Å². The van der Waals surface area contributed by atoms with Crippen LogP contribution in [0.2, 0.25) is 0 Å². The van der Waals surface area contributed by atoms with Crippen molar-refractivity contribution in [1.82, 2.24) is 24.7 Å². The molecule has 4 rings (SSSR count). The molecule has 1 saturated heterocycles. The van der Waals surface area contributed by atoms with Gasteiger partial charge in [-0.15, -0.1) is 0 Å². The molecular formula is C27H39N5O3. The van der Waals surface area contributed by atoms with E-state index in [0.29, 0.717) is 12.6 Å². The molecule has 8 heteroatoms. The number of piperidine rings is 1. The Bertz CT molecular complexity index is 1030. The Balaban J connectivity index is 1.41. The summed E-state index contributed by atoms with van der Waals surface area (Å²) in [5.74, 6) is 1.27. The number of amides is 2. The van der Waals surface area contributed by atoms with Gasteiger partial charge < -0.3 is 24.8 Å². The lowest BCUT2D eigenvalue weighted by Crippen LogP contribution is -2.43. The predicted molar refractivity (Wildman–Crippen MR) is 135 cm³/mol. The molecule has 1 aromatic carbocycles. The van der Waals surface area contributed by atoms with E-state index in [2.05, 4.69) is 28.6 Å². The van der Waals surface area contributed by atoms with Gasteiger partial charge in [-0.3, -0.25) is 4.79 Å². The minimum Gasteiger partial charge on any atom is -0.465 e. The van der Waals surface area contributed by atoms with Crippen molar-refractivity contribution in [3.8, 4) is 0 Å². The van der Waals surface area contributed by atoms with Crippen LogP contribution < -0.4 is 5.32 Å². The molecule has 8 nitrogen and oxygen atoms in total. The van der Waals surface area contributed by atoms with E-state index in [1.54, 1.807) is 0 Å². The fourth-order valence-corrected chi connectivity index (χ4v) is 5.74. The third-order valence-electron chi connectivity index (χ3n) is 7.60. The number of hydrogen-bond donors (Lipinski definition) is 2. The standard InChI is InChI=1S/C27H39N5O3/c1-18(2)26(33)31-15-12-23-25(17-31)32(20(4)28-23)22-10-13-30(14-11-22)19(3)16-24(29-27(34)35)21-8-6-5-7-9-21/h5-9,18-19,22,24,29H,10-17H2,1-4H3,(H,34,35)/t19?,24-/m0/s1. The van der Waals surface area contributed by atoms with Crippen LogP contribution in [0.3, 0.4) is 0 Å². The highest BCUT2D eigenvalue weighted by Gasteiger charge is 2.32. The van der Waals surface area contributed by atoms with Crippen molar-refractivity contribution in [2.24, 2.45) is 5.92 Å². The molecule has 2 aliphatic heterocycles. The molecule has 2 N–H and O–H groups in total. The largest absolute Gasteiger partial charge is 0.465 e. The zero-order chi connectivity index (χ0) is 25.1. The van der Waals surface area contributed by atoms with Gasteiger partial charge >= 0.3 is 6.09 Å². The smallest absolute Gasteiger partial charge is 0.405 e. The van der Waals surface area contributed by atoms with Gasteiger partial charge in [-0.05, 0) is 38.7 Å². The van der Waals surface area contributed by atoms with Crippen LogP contribution in [-0.4, -0.2) is 62.1 Å². The number of benzene rings is 1. The summed E-state index contributed by atoms with van der Waals surface area (Å²) in [5, 5.41) is 12.1. The fourth-order valence-electron chi connectivity index (χ4n) is 5.74. The molecular weight excluding hydrogens is 442 g/mol. The Labute approximate surface area is 208 Å². The summed E-state index contributed by atoms with van der Waals surface area (Å²) in [6.07, 6.45) is 2.61. The molecule has 35 heavy (non-hydrogen) atoms. The molecule has 0 saturated carbocycles. The van der Waals surface area contributed by atoms with Crippen molar-refractivity contribution in [2.75, 3.05) is 19.6 Å². The maximum atomic E-state index is 12.6. The first-order valence-corrected chi connectivity index (χ1v) is 12.9. The summed E-state index contributed by atoms with van der Waals surface area (Å²) in [5.41, 5.74) is 3.36. The molecule has 0 spiro atoms. The monoisotopic (exact) mass is 481 g/mol. The van der Waals surface area contributed by atoms with E-state index in [-0.39, 0.29) is 23.9 Å². The van der Waals surface area contributed by atoms with Gasteiger partial charge in [0.05, 0.1) is 24.0 Å². The second kappa shape index (κ2) is 10.8. The molecule has 190 valence electrons. The summed E-state index contributed by atoms with van der Waals surface area (Å²) < 4.78 is 2.40. The van der Waals surface area contributed by atoms with E-state index in [1.165, 1.54) is 5.69 Å². The number of carbonyl (C=O) groups excluding carboxylic acids is 1. The number of rotatable bonds is 7. The second-order valence-electron chi connectivity index (χ2n) is 10.4. The lowest BCUT2D eigenvalue weighted by Gasteiger charge is -2.39. The summed E-state index contributed by atoms with van der Waals surface area (Å²) in [4.78, 5) is 33.4. The van der Waals surface area contributed by atoms with Gasteiger partial charge in [0.2, 0.25) is 5.91 Å². The highest BCUT2D eigenvalue weighted by Crippen LogP contribution is 2.32. The summed E-state index contributed by atoms with van der Waals surface area (Å²) in [6.45, 7) is 11.5. The second-order valence-corrected chi connectivity index (χ2v) is 10.4. The van der Waals surface area contributed by atoms with Gasteiger partial charge in [0.1, 0.15) is 5.82 Å². The third kappa shape index (κ3) is 5.69. The van der Waals surface area contributed by atoms with Gasteiger partial charge in [-0.2, -0.15) is 0 Å². The number of carbonyl (C=O) groups is 2. The van der Waals surface area contributed by atoms with Crippen LogP contribution in [0.4, 0.5) is 4.79 Å². The fraction of sp³-hybridized carbons (Fsp3) is 0.593. The summed E-state index contributed by atoms with van der Waals surface area (Å²) >= 11 is 0. The van der Waals surface area contributed by atoms with E-state index in [4.69, 9.17) is 4.98 Å². The number of likely N-dealkylation sites (tertiary alicyclic amines) is 1. The number of aromatic nitrogens is 2. The molecule has 3 heterocycles. The minimum absolute atomic E-state index is 0.00840.